The van der Waals surface area contributed by atoms with Crippen molar-refractivity contribution in [1.82, 2.24) is 15.8 Å². The largest absolute Gasteiger partial charge is 0.345 e. The number of rotatable bonds is 8. The van der Waals surface area contributed by atoms with Gasteiger partial charge in [0.25, 0.3) is 5.91 Å². The first kappa shape index (κ1) is 22.4. The van der Waals surface area contributed by atoms with Crippen LogP contribution in [0.1, 0.15) is 36.5 Å². The summed E-state index contributed by atoms with van der Waals surface area (Å²) < 4.78 is 0. The number of nitrogens with one attached hydrogen (secondary N) is 2. The van der Waals surface area contributed by atoms with Crippen LogP contribution in [0.5, 0.6) is 0 Å². The molecule has 2 N–H and O–H groups in total. The van der Waals surface area contributed by atoms with Crippen LogP contribution in [0.2, 0.25) is 0 Å². The van der Waals surface area contributed by atoms with Gasteiger partial charge in [0, 0.05) is 6.20 Å². The van der Waals surface area contributed by atoms with Gasteiger partial charge in [-0.2, -0.15) is 0 Å². The molecule has 3 rings (SSSR count). The third-order valence-electron chi connectivity index (χ3n) is 4.52. The first-order valence-electron chi connectivity index (χ1n) is 10.3. The Kier molecular flexibility index (Phi) is 8.48. The lowest BCUT2D eigenvalue weighted by molar-refractivity contribution is 0.0933. The van der Waals surface area contributed by atoms with Crippen molar-refractivity contribution in [2.24, 2.45) is 0 Å². The molecule has 0 saturated carbocycles. The highest BCUT2D eigenvalue weighted by atomic mass is 32.2. The number of benzene rings is 2. The number of hydrazine groups is 1. The van der Waals surface area contributed by atoms with E-state index in [1.54, 1.807) is 30.1 Å². The summed E-state index contributed by atoms with van der Waals surface area (Å²) in [7, 11) is 0. The molecule has 0 spiro atoms. The Balaban J connectivity index is 1.69. The number of carbonyl (C=O) groups excluding carboxylic acids is 2. The van der Waals surface area contributed by atoms with Gasteiger partial charge in [-0.3, -0.25) is 15.1 Å². The van der Waals surface area contributed by atoms with Crippen LogP contribution in [-0.2, 0) is 0 Å². The van der Waals surface area contributed by atoms with Crippen molar-refractivity contribution in [3.8, 4) is 0 Å². The maximum absolute atomic E-state index is 13.0. The van der Waals surface area contributed by atoms with E-state index in [1.165, 1.54) is 4.90 Å². The SMILES string of the molecule is CCCCCSc1ncccc1C(=O)NNC(=O)N(c1ccccc1)c1ccccc1. The van der Waals surface area contributed by atoms with Gasteiger partial charge in [0.1, 0.15) is 5.03 Å². The third kappa shape index (κ3) is 6.33. The zero-order valence-corrected chi connectivity index (χ0v) is 18.3. The van der Waals surface area contributed by atoms with Crippen LogP contribution in [-0.4, -0.2) is 22.7 Å². The predicted molar refractivity (Wildman–Crippen MR) is 126 cm³/mol. The summed E-state index contributed by atoms with van der Waals surface area (Å²) in [5.41, 5.74) is 6.88. The maximum atomic E-state index is 13.0. The topological polar surface area (TPSA) is 74.3 Å². The highest BCUT2D eigenvalue weighted by Gasteiger charge is 2.19. The molecule has 3 amide bonds. The molecule has 0 saturated heterocycles. The van der Waals surface area contributed by atoms with Crippen molar-refractivity contribution in [2.45, 2.75) is 31.2 Å². The number of anilines is 2. The molecule has 2 aromatic carbocycles. The minimum absolute atomic E-state index is 0.402. The zero-order chi connectivity index (χ0) is 21.9. The van der Waals surface area contributed by atoms with Crippen LogP contribution < -0.4 is 15.8 Å². The number of hydrogen-bond donors (Lipinski definition) is 2. The summed E-state index contributed by atoms with van der Waals surface area (Å²) in [6, 6.07) is 21.5. The van der Waals surface area contributed by atoms with E-state index in [1.807, 2.05) is 60.7 Å². The average molecular weight is 435 g/mol. The molecule has 0 aliphatic carbocycles. The van der Waals surface area contributed by atoms with E-state index in [2.05, 4.69) is 22.8 Å². The van der Waals surface area contributed by atoms with Gasteiger partial charge in [-0.1, -0.05) is 56.2 Å². The van der Waals surface area contributed by atoms with Crippen molar-refractivity contribution in [3.05, 3.63) is 84.6 Å². The van der Waals surface area contributed by atoms with Gasteiger partial charge in [0.2, 0.25) is 0 Å². The summed E-state index contributed by atoms with van der Waals surface area (Å²) in [5.74, 6) is 0.494. The summed E-state index contributed by atoms with van der Waals surface area (Å²) >= 11 is 1.55. The number of unbranched alkanes of at least 4 members (excludes halogenated alkanes) is 2. The van der Waals surface area contributed by atoms with E-state index < -0.39 is 11.9 Å². The zero-order valence-electron chi connectivity index (χ0n) is 17.5. The minimum Gasteiger partial charge on any atom is -0.267 e. The Hall–Kier alpha value is -3.32. The van der Waals surface area contributed by atoms with E-state index in [0.29, 0.717) is 22.0 Å². The standard InChI is InChI=1S/C24H26N4O2S/c1-2-3-10-18-31-23-21(16-11-17-25-23)22(29)26-27-24(30)28(19-12-6-4-7-13-19)20-14-8-5-9-15-20/h4-9,11-17H,2-3,10,18H2,1H3,(H,26,29)(H,27,30). The Bertz CT molecular complexity index is 944. The number of carbonyl (C=O) groups is 2. The third-order valence-corrected chi connectivity index (χ3v) is 5.61. The number of hydrogen-bond acceptors (Lipinski definition) is 4. The van der Waals surface area contributed by atoms with Gasteiger partial charge >= 0.3 is 6.03 Å². The average Bonchev–Trinajstić information content (AvgIpc) is 2.82. The van der Waals surface area contributed by atoms with Gasteiger partial charge in [-0.05, 0) is 48.6 Å². The molecule has 0 atom stereocenters. The fourth-order valence-electron chi connectivity index (χ4n) is 2.97. The van der Waals surface area contributed by atoms with Crippen molar-refractivity contribution in [3.63, 3.8) is 0 Å². The maximum Gasteiger partial charge on any atom is 0.345 e. The fourth-order valence-corrected chi connectivity index (χ4v) is 3.96. The fraction of sp³-hybridized carbons (Fsp3) is 0.208. The Morgan fingerprint density at radius 3 is 2.13 bits per heavy atom. The lowest BCUT2D eigenvalue weighted by atomic mass is 10.2. The predicted octanol–water partition coefficient (Wildman–Crippen LogP) is 5.56. The molecular weight excluding hydrogens is 408 g/mol. The number of pyridine rings is 1. The molecule has 0 fully saturated rings. The Morgan fingerprint density at radius 1 is 0.871 bits per heavy atom. The highest BCUT2D eigenvalue weighted by molar-refractivity contribution is 7.99. The quantitative estimate of drug-likeness (QED) is 0.277. The molecule has 0 unspecified atom stereocenters. The second-order valence-electron chi connectivity index (χ2n) is 6.80. The molecule has 0 radical (unpaired) electrons. The molecule has 0 aliphatic heterocycles. The van der Waals surface area contributed by atoms with Crippen LogP contribution in [0.4, 0.5) is 16.2 Å². The number of thioether (sulfide) groups is 1. The van der Waals surface area contributed by atoms with Crippen LogP contribution >= 0.6 is 11.8 Å². The lowest BCUT2D eigenvalue weighted by Gasteiger charge is -2.23. The van der Waals surface area contributed by atoms with Gasteiger partial charge in [0.05, 0.1) is 16.9 Å². The number of para-hydroxylation sites is 2. The van der Waals surface area contributed by atoms with Crippen molar-refractivity contribution >= 4 is 35.1 Å². The number of urea groups is 1. The van der Waals surface area contributed by atoms with E-state index >= 15 is 0 Å². The Labute approximate surface area is 187 Å². The van der Waals surface area contributed by atoms with E-state index in [0.717, 1.165) is 25.0 Å². The smallest absolute Gasteiger partial charge is 0.267 e. The van der Waals surface area contributed by atoms with Crippen LogP contribution in [0.25, 0.3) is 0 Å². The summed E-state index contributed by atoms with van der Waals surface area (Å²) in [4.78, 5) is 31.6. The van der Waals surface area contributed by atoms with E-state index in [-0.39, 0.29) is 0 Å². The summed E-state index contributed by atoms with van der Waals surface area (Å²) in [6.45, 7) is 2.15. The number of nitrogens with zero attached hydrogens (tertiary/aromatic N) is 2. The van der Waals surface area contributed by atoms with Crippen LogP contribution in [0.15, 0.2) is 84.0 Å². The van der Waals surface area contributed by atoms with Gasteiger partial charge in [-0.15, -0.1) is 11.8 Å². The minimum atomic E-state index is -0.466. The Morgan fingerprint density at radius 2 is 1.52 bits per heavy atom. The normalized spacial score (nSPS) is 10.4. The molecular formula is C24H26N4O2S. The van der Waals surface area contributed by atoms with E-state index in [9.17, 15) is 9.59 Å². The van der Waals surface area contributed by atoms with Crippen molar-refractivity contribution < 1.29 is 9.59 Å². The van der Waals surface area contributed by atoms with E-state index in [4.69, 9.17) is 0 Å². The monoisotopic (exact) mass is 434 g/mol. The van der Waals surface area contributed by atoms with Crippen molar-refractivity contribution in [2.75, 3.05) is 10.7 Å². The molecule has 0 aliphatic rings. The molecule has 0 bridgehead atoms. The molecule has 1 heterocycles. The first-order valence-corrected chi connectivity index (χ1v) is 11.3. The summed E-state index contributed by atoms with van der Waals surface area (Å²) in [6.07, 6.45) is 5.02. The molecule has 1 aromatic heterocycles. The number of amides is 3. The molecule has 6 nitrogen and oxygen atoms in total. The molecule has 7 heteroatoms. The van der Waals surface area contributed by atoms with Gasteiger partial charge in [-0.25, -0.2) is 15.2 Å². The molecule has 160 valence electrons. The first-order chi connectivity index (χ1) is 15.2. The van der Waals surface area contributed by atoms with Crippen molar-refractivity contribution in [1.29, 1.82) is 0 Å². The lowest BCUT2D eigenvalue weighted by Crippen LogP contribution is -2.47. The highest BCUT2D eigenvalue weighted by Crippen LogP contribution is 2.25. The van der Waals surface area contributed by atoms with Gasteiger partial charge < -0.3 is 0 Å². The second-order valence-corrected chi connectivity index (χ2v) is 7.89. The molecule has 3 aromatic rings. The number of aromatic nitrogens is 1. The van der Waals surface area contributed by atoms with Gasteiger partial charge in [0.15, 0.2) is 0 Å². The second kappa shape index (κ2) is 11.8. The summed E-state index contributed by atoms with van der Waals surface area (Å²) in [5, 5.41) is 0.660. The van der Waals surface area contributed by atoms with Crippen LogP contribution in [0, 0.1) is 0 Å². The van der Waals surface area contributed by atoms with Crippen LogP contribution in [0.3, 0.4) is 0 Å². The molecule has 31 heavy (non-hydrogen) atoms.